The summed E-state index contributed by atoms with van der Waals surface area (Å²) in [5, 5.41) is 2.48. The lowest BCUT2D eigenvalue weighted by Crippen LogP contribution is -2.09. The van der Waals surface area contributed by atoms with Gasteiger partial charge in [0.1, 0.15) is 17.1 Å². The van der Waals surface area contributed by atoms with Gasteiger partial charge in [0.25, 0.3) is 0 Å². The number of benzene rings is 3. The van der Waals surface area contributed by atoms with Gasteiger partial charge >= 0.3 is 5.97 Å². The molecular weight excluding hydrogens is 423 g/mol. The van der Waals surface area contributed by atoms with Crippen LogP contribution in [0.4, 0.5) is 5.69 Å². The predicted octanol–water partition coefficient (Wildman–Crippen LogP) is 4.37. The highest BCUT2D eigenvalue weighted by Crippen LogP contribution is 2.44. The number of nitrogens with zero attached hydrogens (tertiary/aromatic N) is 2. The first-order chi connectivity index (χ1) is 15.3. The summed E-state index contributed by atoms with van der Waals surface area (Å²) in [6, 6.07) is 17.3. The van der Waals surface area contributed by atoms with E-state index in [1.54, 1.807) is 25.8 Å². The molecule has 1 heterocycles. The number of carbonyl (C=O) groups excluding carboxylic acids is 1. The quantitative estimate of drug-likeness (QED) is 0.217. The van der Waals surface area contributed by atoms with Crippen LogP contribution in [0.15, 0.2) is 64.0 Å². The van der Waals surface area contributed by atoms with Crippen LogP contribution in [0.1, 0.15) is 6.92 Å². The molecule has 4 rings (SSSR count). The Kier molecular flexibility index (Phi) is 6.00. The number of carbonyl (C=O) groups is 1. The Morgan fingerprint density at radius 2 is 1.84 bits per heavy atom. The molecule has 1 aliphatic carbocycles. The molecular formula is C25H25N2O4P. The summed E-state index contributed by atoms with van der Waals surface area (Å²) < 4.78 is 11.9. The Morgan fingerprint density at radius 1 is 1.06 bits per heavy atom. The molecule has 0 saturated heterocycles. The maximum Gasteiger partial charge on any atom is 0.308 e. The first-order valence-electron chi connectivity index (χ1n) is 10.1. The van der Waals surface area contributed by atoms with Gasteiger partial charge in [0.15, 0.2) is 0 Å². The van der Waals surface area contributed by atoms with E-state index in [-0.39, 0.29) is 0 Å². The van der Waals surface area contributed by atoms with Crippen LogP contribution in [0.5, 0.6) is 5.75 Å². The molecule has 2 aliphatic rings. The largest absolute Gasteiger partial charge is 0.456 e. The van der Waals surface area contributed by atoms with E-state index in [1.165, 1.54) is 6.92 Å². The molecule has 0 spiro atoms. The molecule has 1 aliphatic heterocycles. The van der Waals surface area contributed by atoms with Crippen LogP contribution in [-0.4, -0.2) is 38.7 Å². The Morgan fingerprint density at radius 3 is 2.50 bits per heavy atom. The average molecular weight is 448 g/mol. The van der Waals surface area contributed by atoms with Gasteiger partial charge in [-0.25, -0.2) is 0 Å². The fourth-order valence-corrected chi connectivity index (χ4v) is 4.34. The summed E-state index contributed by atoms with van der Waals surface area (Å²) >= 11 is 0. The second-order valence-corrected chi connectivity index (χ2v) is 9.32. The topological polar surface area (TPSA) is 75.3 Å². The first-order valence-corrected chi connectivity index (χ1v) is 11.9. The van der Waals surface area contributed by atoms with Crippen LogP contribution >= 0.6 is 8.15 Å². The predicted molar refractivity (Wildman–Crippen MR) is 130 cm³/mol. The zero-order valence-corrected chi connectivity index (χ0v) is 19.6. The molecule has 7 heteroatoms. The Hall–Kier alpha value is -3.21. The van der Waals surface area contributed by atoms with Crippen molar-refractivity contribution in [3.8, 4) is 28.2 Å². The van der Waals surface area contributed by atoms with Gasteiger partial charge < -0.3 is 18.9 Å². The molecule has 0 radical (unpaired) electrons. The van der Waals surface area contributed by atoms with Crippen molar-refractivity contribution in [2.75, 3.05) is 32.7 Å². The summed E-state index contributed by atoms with van der Waals surface area (Å²) in [7, 11) is 4.36. The molecule has 0 fully saturated rings. The van der Waals surface area contributed by atoms with E-state index in [0.29, 0.717) is 17.1 Å². The molecule has 0 saturated carbocycles. The molecule has 1 N–H and O–H groups in total. The number of hydrogen-bond donors (Lipinski definition) is 1. The third-order valence-electron chi connectivity index (χ3n) is 5.32. The zero-order chi connectivity index (χ0) is 23.0. The highest BCUT2D eigenvalue weighted by atomic mass is 31.1. The van der Waals surface area contributed by atoms with Crippen LogP contribution in [0.2, 0.25) is 0 Å². The van der Waals surface area contributed by atoms with E-state index >= 15 is 0 Å². The zero-order valence-electron chi connectivity index (χ0n) is 18.7. The van der Waals surface area contributed by atoms with Crippen LogP contribution < -0.4 is 20.3 Å². The summed E-state index contributed by atoms with van der Waals surface area (Å²) in [6.07, 6.45) is 0. The van der Waals surface area contributed by atoms with E-state index < -0.39 is 14.1 Å². The van der Waals surface area contributed by atoms with Gasteiger partial charge in [-0.05, 0) is 49.1 Å². The molecule has 0 amide bonds. The summed E-state index contributed by atoms with van der Waals surface area (Å²) in [4.78, 5) is 28.4. The average Bonchev–Trinajstić information content (AvgIpc) is 2.76. The van der Waals surface area contributed by atoms with Gasteiger partial charge in [0.05, 0.1) is 13.5 Å². The molecule has 0 bridgehead atoms. The van der Waals surface area contributed by atoms with Crippen LogP contribution in [0.25, 0.3) is 33.4 Å². The molecule has 0 aromatic heterocycles. The summed E-state index contributed by atoms with van der Waals surface area (Å²) in [5.41, 5.74) is 4.18. The highest BCUT2D eigenvalue weighted by molar-refractivity contribution is 7.59. The number of hydrogen-bond acceptors (Lipinski definition) is 6. The summed E-state index contributed by atoms with van der Waals surface area (Å²) in [6.45, 7) is 3.15. The lowest BCUT2D eigenvalue weighted by molar-refractivity contribution is -0.131. The number of esters is 1. The van der Waals surface area contributed by atoms with Gasteiger partial charge in [0.2, 0.25) is 0 Å². The van der Waals surface area contributed by atoms with E-state index in [2.05, 4.69) is 4.99 Å². The molecule has 164 valence electrons. The van der Waals surface area contributed by atoms with Crippen molar-refractivity contribution in [3.63, 3.8) is 0 Å². The van der Waals surface area contributed by atoms with Crippen LogP contribution in [0, 0.1) is 0 Å². The van der Waals surface area contributed by atoms with Gasteiger partial charge in [-0.2, -0.15) is 0 Å². The monoisotopic (exact) mass is 448 g/mol. The van der Waals surface area contributed by atoms with Crippen molar-refractivity contribution in [1.29, 1.82) is 0 Å². The van der Waals surface area contributed by atoms with E-state index in [1.807, 2.05) is 61.5 Å². The molecule has 1 atom stereocenters. The van der Waals surface area contributed by atoms with Crippen molar-refractivity contribution in [3.05, 3.63) is 60.0 Å². The molecule has 1 unspecified atom stereocenters. The fraction of sp³-hybridized carbons (Fsp3) is 0.200. The minimum Gasteiger partial charge on any atom is -0.456 e. The Balaban J connectivity index is 2.15. The minimum absolute atomic E-state index is 0.405. The highest BCUT2D eigenvalue weighted by Gasteiger charge is 2.22. The maximum absolute atomic E-state index is 11.8. The van der Waals surface area contributed by atoms with Crippen molar-refractivity contribution in [1.82, 2.24) is 0 Å². The second-order valence-electron chi connectivity index (χ2n) is 7.75. The first kappa shape index (κ1) is 22.0. The Labute approximate surface area is 188 Å². The van der Waals surface area contributed by atoms with E-state index in [4.69, 9.17) is 9.15 Å². The minimum atomic E-state index is -1.33. The molecule has 32 heavy (non-hydrogen) atoms. The third-order valence-corrected chi connectivity index (χ3v) is 6.35. The molecule has 2 aromatic carbocycles. The van der Waals surface area contributed by atoms with Crippen molar-refractivity contribution >= 4 is 36.1 Å². The number of fused-ring (bicyclic) bond motifs is 2. The number of rotatable bonds is 4. The normalized spacial score (nSPS) is 12.9. The van der Waals surface area contributed by atoms with Gasteiger partial charge in [0, 0.05) is 73.3 Å². The van der Waals surface area contributed by atoms with Gasteiger partial charge in [-0.1, -0.05) is 0 Å². The van der Waals surface area contributed by atoms with E-state index in [9.17, 15) is 9.69 Å². The van der Waals surface area contributed by atoms with Crippen LogP contribution in [-0.2, 0) is 4.79 Å². The SMILES string of the molecule is C/N=c1\ccc2c(-c3cc(P(C)O)ccc3OC(C)=O)c3ccc(N(C)C)cc3oc-2c1. The standard InChI is InChI=1S/C25H25N2O4P/c1-15(28)30-22-11-8-18(32(5)29)14-21(22)25-19-9-6-16(26-2)12-23(19)31-24-13-17(27(3)4)7-10-20(24)25/h6-14,29H,1-5H3/b26-16+. The molecule has 2 aromatic rings. The van der Waals surface area contributed by atoms with Crippen molar-refractivity contribution < 1.29 is 18.8 Å². The summed E-state index contributed by atoms with van der Waals surface area (Å²) in [5.74, 6) is 0.708. The van der Waals surface area contributed by atoms with Crippen LogP contribution in [0.3, 0.4) is 0 Å². The third kappa shape index (κ3) is 4.12. The van der Waals surface area contributed by atoms with Crippen molar-refractivity contribution in [2.24, 2.45) is 4.99 Å². The number of anilines is 1. The lowest BCUT2D eigenvalue weighted by atomic mass is 9.93. The fourth-order valence-electron chi connectivity index (χ4n) is 3.73. The van der Waals surface area contributed by atoms with Gasteiger partial charge in [-0.15, -0.1) is 0 Å². The molecule has 6 nitrogen and oxygen atoms in total. The Bertz CT molecular complexity index is 1360. The lowest BCUT2D eigenvalue weighted by Gasteiger charge is -2.20. The number of ether oxygens (including phenoxy) is 1. The van der Waals surface area contributed by atoms with E-state index in [0.717, 1.165) is 38.4 Å². The smallest absolute Gasteiger partial charge is 0.308 e. The second kappa shape index (κ2) is 8.73. The van der Waals surface area contributed by atoms with Crippen molar-refractivity contribution in [2.45, 2.75) is 6.92 Å². The van der Waals surface area contributed by atoms with Gasteiger partial charge in [-0.3, -0.25) is 9.79 Å². The maximum atomic E-state index is 11.8.